The average Bonchev–Trinajstić information content (AvgIpc) is 2.81. The van der Waals surface area contributed by atoms with Crippen molar-refractivity contribution in [3.63, 3.8) is 0 Å². The van der Waals surface area contributed by atoms with Gasteiger partial charge < -0.3 is 15.7 Å². The van der Waals surface area contributed by atoms with Crippen molar-refractivity contribution in [1.29, 1.82) is 0 Å². The second-order valence-electron chi connectivity index (χ2n) is 5.46. The van der Waals surface area contributed by atoms with Crippen molar-refractivity contribution in [3.05, 3.63) is 29.3 Å². The number of hydrogen-bond donors (Lipinski definition) is 3. The van der Waals surface area contributed by atoms with E-state index in [0.29, 0.717) is 12.8 Å². The van der Waals surface area contributed by atoms with Crippen molar-refractivity contribution in [2.45, 2.75) is 39.2 Å². The van der Waals surface area contributed by atoms with Gasteiger partial charge >= 0.3 is 12.0 Å². The fourth-order valence-corrected chi connectivity index (χ4v) is 2.63. The van der Waals surface area contributed by atoms with Gasteiger partial charge in [0.05, 0.1) is 5.92 Å². The molecule has 1 aromatic carbocycles. The van der Waals surface area contributed by atoms with E-state index in [1.165, 1.54) is 0 Å². The van der Waals surface area contributed by atoms with E-state index < -0.39 is 5.97 Å². The molecule has 1 fully saturated rings. The van der Waals surface area contributed by atoms with Crippen LogP contribution < -0.4 is 10.6 Å². The van der Waals surface area contributed by atoms with E-state index >= 15 is 0 Å². The van der Waals surface area contributed by atoms with Crippen LogP contribution in [0.1, 0.15) is 30.4 Å². The van der Waals surface area contributed by atoms with Crippen molar-refractivity contribution < 1.29 is 14.7 Å². The maximum atomic E-state index is 11.9. The lowest BCUT2D eigenvalue weighted by Crippen LogP contribution is -2.36. The first-order valence-corrected chi connectivity index (χ1v) is 6.83. The smallest absolute Gasteiger partial charge is 0.319 e. The van der Waals surface area contributed by atoms with Crippen molar-refractivity contribution in [2.75, 3.05) is 5.32 Å². The fraction of sp³-hybridized carbons (Fsp3) is 0.467. The molecular formula is C15H20N2O3. The summed E-state index contributed by atoms with van der Waals surface area (Å²) in [6, 6.07) is 5.50. The van der Waals surface area contributed by atoms with E-state index in [1.54, 1.807) is 0 Å². The number of urea groups is 1. The SMILES string of the molecule is Cc1ccc(NC(=O)N[C@H]2CC[C@@H](C(=O)O)C2)c(C)c1. The summed E-state index contributed by atoms with van der Waals surface area (Å²) in [5, 5.41) is 14.6. The zero-order chi connectivity index (χ0) is 14.7. The Morgan fingerprint density at radius 2 is 2.00 bits per heavy atom. The standard InChI is InChI=1S/C15H20N2O3/c1-9-3-6-13(10(2)7-9)17-15(20)16-12-5-4-11(8-12)14(18)19/h3,6-7,11-12H,4-5,8H2,1-2H3,(H,18,19)(H2,16,17,20)/t11-,12+/m1/s1. The monoisotopic (exact) mass is 276 g/mol. The van der Waals surface area contributed by atoms with Crippen molar-refractivity contribution in [2.24, 2.45) is 5.92 Å². The molecular weight excluding hydrogens is 256 g/mol. The molecule has 20 heavy (non-hydrogen) atoms. The van der Waals surface area contributed by atoms with Crippen LogP contribution in [0.15, 0.2) is 18.2 Å². The largest absolute Gasteiger partial charge is 0.481 e. The predicted octanol–water partition coefficient (Wildman–Crippen LogP) is 2.68. The Balaban J connectivity index is 1.88. The second-order valence-corrected chi connectivity index (χ2v) is 5.46. The van der Waals surface area contributed by atoms with Crippen LogP contribution in [0.5, 0.6) is 0 Å². The Morgan fingerprint density at radius 1 is 1.25 bits per heavy atom. The number of aryl methyl sites for hydroxylation is 2. The number of rotatable bonds is 3. The minimum Gasteiger partial charge on any atom is -0.481 e. The van der Waals surface area contributed by atoms with Gasteiger partial charge in [-0.25, -0.2) is 4.79 Å². The zero-order valence-corrected chi connectivity index (χ0v) is 11.8. The molecule has 2 atom stereocenters. The van der Waals surface area contributed by atoms with Gasteiger partial charge in [-0.3, -0.25) is 4.79 Å². The molecule has 0 spiro atoms. The Labute approximate surface area is 118 Å². The van der Waals surface area contributed by atoms with Gasteiger partial charge in [0.2, 0.25) is 0 Å². The molecule has 0 heterocycles. The summed E-state index contributed by atoms with van der Waals surface area (Å²) >= 11 is 0. The molecule has 1 aliphatic rings. The van der Waals surface area contributed by atoms with E-state index in [2.05, 4.69) is 10.6 Å². The summed E-state index contributed by atoms with van der Waals surface area (Å²) in [5.41, 5.74) is 2.93. The van der Waals surface area contributed by atoms with E-state index in [1.807, 2.05) is 32.0 Å². The van der Waals surface area contributed by atoms with Gasteiger partial charge in [-0.05, 0) is 44.7 Å². The van der Waals surface area contributed by atoms with Crippen LogP contribution in [-0.2, 0) is 4.79 Å². The maximum Gasteiger partial charge on any atom is 0.319 e. The molecule has 1 saturated carbocycles. The van der Waals surface area contributed by atoms with Gasteiger partial charge in [0.15, 0.2) is 0 Å². The highest BCUT2D eigenvalue weighted by Gasteiger charge is 2.30. The van der Waals surface area contributed by atoms with Crippen LogP contribution in [0.25, 0.3) is 0 Å². The van der Waals surface area contributed by atoms with Crippen LogP contribution in [0.4, 0.5) is 10.5 Å². The number of carboxylic acid groups (broad SMARTS) is 1. The number of nitrogens with one attached hydrogen (secondary N) is 2. The topological polar surface area (TPSA) is 78.4 Å². The number of benzene rings is 1. The molecule has 0 aromatic heterocycles. The Hall–Kier alpha value is -2.04. The fourth-order valence-electron chi connectivity index (χ4n) is 2.63. The van der Waals surface area contributed by atoms with Gasteiger partial charge in [0.1, 0.15) is 0 Å². The minimum absolute atomic E-state index is 0.0538. The molecule has 0 radical (unpaired) electrons. The summed E-state index contributed by atoms with van der Waals surface area (Å²) in [6.45, 7) is 3.94. The van der Waals surface area contributed by atoms with Gasteiger partial charge in [-0.15, -0.1) is 0 Å². The molecule has 2 rings (SSSR count). The van der Waals surface area contributed by atoms with E-state index in [9.17, 15) is 9.59 Å². The molecule has 2 amide bonds. The number of amides is 2. The first-order chi connectivity index (χ1) is 9.45. The van der Waals surface area contributed by atoms with E-state index in [-0.39, 0.29) is 18.0 Å². The first kappa shape index (κ1) is 14.4. The van der Waals surface area contributed by atoms with Crippen LogP contribution in [0.3, 0.4) is 0 Å². The Morgan fingerprint density at radius 3 is 2.60 bits per heavy atom. The maximum absolute atomic E-state index is 11.9. The molecule has 1 aliphatic carbocycles. The molecule has 3 N–H and O–H groups in total. The lowest BCUT2D eigenvalue weighted by Gasteiger charge is -2.14. The Kier molecular flexibility index (Phi) is 4.27. The Bertz CT molecular complexity index is 528. The third-order valence-corrected chi connectivity index (χ3v) is 3.75. The molecule has 0 bridgehead atoms. The number of carbonyl (C=O) groups is 2. The number of carbonyl (C=O) groups excluding carboxylic acids is 1. The van der Waals surface area contributed by atoms with Crippen LogP contribution in [0, 0.1) is 19.8 Å². The third kappa shape index (κ3) is 3.50. The number of anilines is 1. The van der Waals surface area contributed by atoms with Crippen molar-refractivity contribution >= 4 is 17.7 Å². The van der Waals surface area contributed by atoms with Gasteiger partial charge in [-0.1, -0.05) is 17.7 Å². The highest BCUT2D eigenvalue weighted by Crippen LogP contribution is 2.25. The molecule has 108 valence electrons. The lowest BCUT2D eigenvalue weighted by atomic mass is 10.1. The molecule has 0 aliphatic heterocycles. The normalized spacial score (nSPS) is 21.5. The molecule has 0 unspecified atom stereocenters. The summed E-state index contributed by atoms with van der Waals surface area (Å²) in [7, 11) is 0. The van der Waals surface area contributed by atoms with Gasteiger partial charge in [0.25, 0.3) is 0 Å². The van der Waals surface area contributed by atoms with Crippen molar-refractivity contribution in [1.82, 2.24) is 5.32 Å². The van der Waals surface area contributed by atoms with E-state index in [4.69, 9.17) is 5.11 Å². The third-order valence-electron chi connectivity index (χ3n) is 3.75. The second kappa shape index (κ2) is 5.94. The quantitative estimate of drug-likeness (QED) is 0.794. The van der Waals surface area contributed by atoms with Gasteiger partial charge in [0, 0.05) is 11.7 Å². The number of carboxylic acids is 1. The average molecular weight is 276 g/mol. The molecule has 1 aromatic rings. The van der Waals surface area contributed by atoms with Gasteiger partial charge in [-0.2, -0.15) is 0 Å². The predicted molar refractivity (Wildman–Crippen MR) is 76.8 cm³/mol. The van der Waals surface area contributed by atoms with Crippen molar-refractivity contribution in [3.8, 4) is 0 Å². The summed E-state index contributed by atoms with van der Waals surface area (Å²) in [5.74, 6) is -1.11. The number of aliphatic carboxylic acids is 1. The molecule has 5 heteroatoms. The molecule has 5 nitrogen and oxygen atoms in total. The summed E-state index contributed by atoms with van der Waals surface area (Å²) < 4.78 is 0. The summed E-state index contributed by atoms with van der Waals surface area (Å²) in [6.07, 6.45) is 1.86. The first-order valence-electron chi connectivity index (χ1n) is 6.83. The van der Waals surface area contributed by atoms with Crippen LogP contribution in [0.2, 0.25) is 0 Å². The lowest BCUT2D eigenvalue weighted by molar-refractivity contribution is -0.141. The van der Waals surface area contributed by atoms with Crippen LogP contribution >= 0.6 is 0 Å². The van der Waals surface area contributed by atoms with Crippen LogP contribution in [-0.4, -0.2) is 23.1 Å². The van der Waals surface area contributed by atoms with E-state index in [0.717, 1.165) is 23.2 Å². The summed E-state index contributed by atoms with van der Waals surface area (Å²) in [4.78, 5) is 22.8. The highest BCUT2D eigenvalue weighted by molar-refractivity contribution is 5.90. The minimum atomic E-state index is -0.774. The highest BCUT2D eigenvalue weighted by atomic mass is 16.4. The zero-order valence-electron chi connectivity index (χ0n) is 11.8. The molecule has 0 saturated heterocycles. The number of hydrogen-bond acceptors (Lipinski definition) is 2.